The van der Waals surface area contributed by atoms with Gasteiger partial charge in [-0.25, -0.2) is 0 Å². The van der Waals surface area contributed by atoms with Gasteiger partial charge in [-0.2, -0.15) is 0 Å². The number of nitrogens with one attached hydrogen (secondary N) is 2. The van der Waals surface area contributed by atoms with Crippen LogP contribution < -0.4 is 10.6 Å². The first-order valence-electron chi connectivity index (χ1n) is 3.41. The van der Waals surface area contributed by atoms with E-state index in [4.69, 9.17) is 5.11 Å². The van der Waals surface area contributed by atoms with E-state index >= 15 is 0 Å². The van der Waals surface area contributed by atoms with Crippen molar-refractivity contribution < 1.29 is 14.7 Å². The Morgan fingerprint density at radius 1 is 1.33 bits per heavy atom. The zero-order valence-corrected chi connectivity index (χ0v) is 6.98. The zero-order chi connectivity index (χ0) is 9.14. The second-order valence-corrected chi connectivity index (χ2v) is 2.78. The molecule has 1 fully saturated rings. The monoisotopic (exact) mass is 188 g/mol. The molecular weight excluding hydrogens is 180 g/mol. The van der Waals surface area contributed by atoms with Gasteiger partial charge in [-0.05, 0) is 18.6 Å². The van der Waals surface area contributed by atoms with E-state index in [9.17, 15) is 9.59 Å². The van der Waals surface area contributed by atoms with E-state index in [0.717, 1.165) is 0 Å². The molecule has 1 heterocycles. The summed E-state index contributed by atoms with van der Waals surface area (Å²) < 4.78 is 0. The van der Waals surface area contributed by atoms with Crippen LogP contribution >= 0.6 is 12.2 Å². The minimum absolute atomic E-state index is 0.0270. The molecule has 0 bridgehead atoms. The van der Waals surface area contributed by atoms with E-state index in [1.165, 1.54) is 0 Å². The van der Waals surface area contributed by atoms with Gasteiger partial charge in [0.05, 0.1) is 0 Å². The largest absolute Gasteiger partial charge is 0.396 e. The van der Waals surface area contributed by atoms with Crippen molar-refractivity contribution in [1.82, 2.24) is 10.6 Å². The second-order valence-electron chi connectivity index (χ2n) is 2.37. The first kappa shape index (κ1) is 9.08. The molecule has 3 N–H and O–H groups in total. The highest BCUT2D eigenvalue weighted by Gasteiger charge is 2.31. The second kappa shape index (κ2) is 3.59. The summed E-state index contributed by atoms with van der Waals surface area (Å²) in [6.45, 7) is -0.196. The summed E-state index contributed by atoms with van der Waals surface area (Å²) >= 11 is 4.57. The summed E-state index contributed by atoms with van der Waals surface area (Å²) in [6, 6.07) is 0. The van der Waals surface area contributed by atoms with Crippen LogP contribution in [-0.2, 0) is 9.59 Å². The van der Waals surface area contributed by atoms with Gasteiger partial charge in [-0.15, -0.1) is 0 Å². The molecule has 2 amide bonds. The van der Waals surface area contributed by atoms with Crippen molar-refractivity contribution in [3.8, 4) is 0 Å². The minimum atomic E-state index is -0.818. The fourth-order valence-corrected chi connectivity index (χ4v) is 1.14. The Morgan fingerprint density at radius 3 is 2.25 bits per heavy atom. The summed E-state index contributed by atoms with van der Waals surface area (Å²) in [4.78, 5) is 22.1. The molecule has 1 aliphatic rings. The van der Waals surface area contributed by atoms with E-state index < -0.39 is 17.7 Å². The van der Waals surface area contributed by atoms with Crippen LogP contribution in [0.1, 0.15) is 6.42 Å². The Hall–Kier alpha value is -1.01. The van der Waals surface area contributed by atoms with Crippen LogP contribution in [0.15, 0.2) is 0 Å². The third kappa shape index (κ3) is 1.77. The van der Waals surface area contributed by atoms with Crippen LogP contribution in [-0.4, -0.2) is 28.6 Å². The van der Waals surface area contributed by atoms with Gasteiger partial charge in [-0.3, -0.25) is 9.59 Å². The average molecular weight is 188 g/mol. The third-order valence-corrected chi connectivity index (χ3v) is 1.73. The lowest BCUT2D eigenvalue weighted by Crippen LogP contribution is -2.55. The summed E-state index contributed by atoms with van der Waals surface area (Å²) in [5.41, 5.74) is 0. The summed E-state index contributed by atoms with van der Waals surface area (Å²) in [5.74, 6) is -1.71. The molecule has 1 saturated heterocycles. The molecule has 66 valence electrons. The number of carbonyl (C=O) groups excluding carboxylic acids is 2. The Kier molecular flexibility index (Phi) is 2.72. The number of aliphatic hydroxyl groups excluding tert-OH is 1. The zero-order valence-electron chi connectivity index (χ0n) is 6.16. The first-order chi connectivity index (χ1) is 5.65. The van der Waals surface area contributed by atoms with Crippen LogP contribution in [0.4, 0.5) is 0 Å². The standard InChI is InChI=1S/C6H8N2O3S/c9-2-1-3-4(10)7-6(12)8-5(3)11/h3,9H,1-2H2,(H2,7,8,10,11,12). The fraction of sp³-hybridized carbons (Fsp3) is 0.500. The fourth-order valence-electron chi connectivity index (χ4n) is 0.940. The lowest BCUT2D eigenvalue weighted by molar-refractivity contribution is -0.135. The van der Waals surface area contributed by atoms with E-state index in [1.807, 2.05) is 0 Å². The lowest BCUT2D eigenvalue weighted by Gasteiger charge is -2.21. The number of hydrogen-bond donors (Lipinski definition) is 3. The molecular formula is C6H8N2O3S. The first-order valence-corrected chi connectivity index (χ1v) is 3.82. The Balaban J connectivity index is 2.67. The molecule has 0 unspecified atom stereocenters. The number of amides is 2. The van der Waals surface area contributed by atoms with Crippen molar-refractivity contribution in [3.05, 3.63) is 0 Å². The van der Waals surface area contributed by atoms with Crippen molar-refractivity contribution in [1.29, 1.82) is 0 Å². The number of thiocarbonyl (C=S) groups is 1. The SMILES string of the molecule is O=C1NC(=S)NC(=O)C1CCO. The van der Waals surface area contributed by atoms with Crippen LogP contribution in [0.3, 0.4) is 0 Å². The van der Waals surface area contributed by atoms with Crippen LogP contribution in [0.5, 0.6) is 0 Å². The molecule has 0 radical (unpaired) electrons. The number of rotatable bonds is 2. The maximum atomic E-state index is 11.0. The Labute approximate surface area is 74.1 Å². The molecule has 0 spiro atoms. The smallest absolute Gasteiger partial charge is 0.238 e. The van der Waals surface area contributed by atoms with Crippen molar-refractivity contribution >= 4 is 29.1 Å². The van der Waals surface area contributed by atoms with Crippen LogP contribution in [0, 0.1) is 5.92 Å². The average Bonchev–Trinajstić information content (AvgIpc) is 1.96. The molecule has 0 aromatic heterocycles. The highest BCUT2D eigenvalue weighted by molar-refractivity contribution is 7.80. The quantitative estimate of drug-likeness (QED) is 0.364. The Morgan fingerprint density at radius 2 is 1.83 bits per heavy atom. The van der Waals surface area contributed by atoms with E-state index in [0.29, 0.717) is 0 Å². The van der Waals surface area contributed by atoms with Gasteiger partial charge in [0.2, 0.25) is 11.8 Å². The highest BCUT2D eigenvalue weighted by atomic mass is 32.1. The topological polar surface area (TPSA) is 78.4 Å². The number of carbonyl (C=O) groups is 2. The molecule has 0 aromatic rings. The van der Waals surface area contributed by atoms with Crippen LogP contribution in [0.25, 0.3) is 0 Å². The molecule has 0 saturated carbocycles. The maximum Gasteiger partial charge on any atom is 0.238 e. The van der Waals surface area contributed by atoms with Gasteiger partial charge in [0.15, 0.2) is 5.11 Å². The van der Waals surface area contributed by atoms with Gasteiger partial charge in [0.25, 0.3) is 0 Å². The van der Waals surface area contributed by atoms with Crippen molar-refractivity contribution in [2.45, 2.75) is 6.42 Å². The lowest BCUT2D eigenvalue weighted by atomic mass is 10.0. The summed E-state index contributed by atoms with van der Waals surface area (Å²) in [5, 5.41) is 13.1. The molecule has 6 heteroatoms. The number of aliphatic hydroxyl groups is 1. The predicted molar refractivity (Wildman–Crippen MR) is 44.1 cm³/mol. The molecule has 12 heavy (non-hydrogen) atoms. The van der Waals surface area contributed by atoms with Crippen molar-refractivity contribution in [2.75, 3.05) is 6.61 Å². The minimum Gasteiger partial charge on any atom is -0.396 e. The molecule has 0 aliphatic carbocycles. The molecule has 1 rings (SSSR count). The van der Waals surface area contributed by atoms with Gasteiger partial charge < -0.3 is 15.7 Å². The van der Waals surface area contributed by atoms with Gasteiger partial charge >= 0.3 is 0 Å². The van der Waals surface area contributed by atoms with E-state index in [2.05, 4.69) is 22.9 Å². The molecule has 1 aliphatic heterocycles. The normalized spacial score (nSPS) is 18.9. The summed E-state index contributed by atoms with van der Waals surface area (Å²) in [6.07, 6.45) is 0.125. The third-order valence-electron chi connectivity index (χ3n) is 1.52. The Bertz CT molecular complexity index is 221. The van der Waals surface area contributed by atoms with Gasteiger partial charge in [-0.1, -0.05) is 0 Å². The van der Waals surface area contributed by atoms with E-state index in [1.54, 1.807) is 0 Å². The molecule has 5 nitrogen and oxygen atoms in total. The summed E-state index contributed by atoms with van der Waals surface area (Å²) in [7, 11) is 0. The maximum absolute atomic E-state index is 11.0. The van der Waals surface area contributed by atoms with Crippen molar-refractivity contribution in [2.24, 2.45) is 5.92 Å². The number of hydrogen-bond acceptors (Lipinski definition) is 4. The molecule has 0 aromatic carbocycles. The van der Waals surface area contributed by atoms with Crippen LogP contribution in [0.2, 0.25) is 0 Å². The van der Waals surface area contributed by atoms with Gasteiger partial charge in [0, 0.05) is 6.61 Å². The van der Waals surface area contributed by atoms with Gasteiger partial charge in [0.1, 0.15) is 5.92 Å². The van der Waals surface area contributed by atoms with E-state index in [-0.39, 0.29) is 18.1 Å². The highest BCUT2D eigenvalue weighted by Crippen LogP contribution is 2.05. The predicted octanol–water partition coefficient (Wildman–Crippen LogP) is -1.48. The molecule has 0 atom stereocenters. The van der Waals surface area contributed by atoms with Crippen molar-refractivity contribution in [3.63, 3.8) is 0 Å².